The minimum atomic E-state index is -0.500. The van der Waals surface area contributed by atoms with Crippen molar-refractivity contribution >= 4 is 34.8 Å². The van der Waals surface area contributed by atoms with Gasteiger partial charge in [-0.25, -0.2) is 14.6 Å². The van der Waals surface area contributed by atoms with Gasteiger partial charge in [-0.3, -0.25) is 0 Å². The first-order valence-electron chi connectivity index (χ1n) is 18.7. The molecule has 0 aliphatic carbocycles. The minimum absolute atomic E-state index is 0.219. The molecule has 0 bridgehead atoms. The lowest BCUT2D eigenvalue weighted by Gasteiger charge is -2.34. The SMILES string of the molecule is CC(C)(C)OC(=O)N1CCCC(CCCn2c(COc3ccc(Cl)cc3)nc3c(OCCC[C@@H]4CCCN(C(=O)OC(C)(C)C)C4)cccc32)C1. The summed E-state index contributed by atoms with van der Waals surface area (Å²) in [5.41, 5.74) is 0.852. The van der Waals surface area contributed by atoms with E-state index in [1.165, 1.54) is 0 Å². The van der Waals surface area contributed by atoms with Crippen LogP contribution in [0.5, 0.6) is 11.5 Å². The van der Waals surface area contributed by atoms with Gasteiger partial charge in [0.15, 0.2) is 0 Å². The molecule has 10 nitrogen and oxygen atoms in total. The molecule has 1 unspecified atom stereocenters. The van der Waals surface area contributed by atoms with Crippen molar-refractivity contribution in [1.29, 1.82) is 0 Å². The number of likely N-dealkylation sites (tertiary alicyclic amines) is 2. The van der Waals surface area contributed by atoms with Crippen molar-refractivity contribution in [2.75, 3.05) is 32.8 Å². The average Bonchev–Trinajstić information content (AvgIpc) is 3.43. The molecule has 3 heterocycles. The Balaban J connectivity index is 1.21. The summed E-state index contributed by atoms with van der Waals surface area (Å²) in [6.45, 7) is 16.1. The van der Waals surface area contributed by atoms with E-state index in [0.717, 1.165) is 112 Å². The van der Waals surface area contributed by atoms with Crippen molar-refractivity contribution in [3.63, 3.8) is 0 Å². The van der Waals surface area contributed by atoms with Crippen LogP contribution in [-0.2, 0) is 22.6 Å². The molecule has 2 fully saturated rings. The first-order chi connectivity index (χ1) is 24.2. The molecule has 0 saturated carbocycles. The number of amides is 2. The van der Waals surface area contributed by atoms with Crippen LogP contribution in [0.3, 0.4) is 0 Å². The van der Waals surface area contributed by atoms with Crippen molar-refractivity contribution in [3.05, 3.63) is 53.3 Å². The maximum absolute atomic E-state index is 12.7. The molecule has 0 radical (unpaired) electrons. The zero-order chi connectivity index (χ0) is 36.6. The molecule has 2 saturated heterocycles. The maximum atomic E-state index is 12.7. The van der Waals surface area contributed by atoms with Gasteiger partial charge in [-0.2, -0.15) is 0 Å². The highest BCUT2D eigenvalue weighted by Crippen LogP contribution is 2.30. The monoisotopic (exact) mass is 724 g/mol. The van der Waals surface area contributed by atoms with Crippen LogP contribution < -0.4 is 9.47 Å². The second-order valence-electron chi connectivity index (χ2n) is 16.0. The number of carbonyl (C=O) groups excluding carboxylic acids is 2. The highest BCUT2D eigenvalue weighted by Gasteiger charge is 2.29. The number of benzene rings is 2. The Morgan fingerprint density at radius 3 is 1.98 bits per heavy atom. The zero-order valence-corrected chi connectivity index (χ0v) is 32.2. The Morgan fingerprint density at radius 2 is 1.39 bits per heavy atom. The van der Waals surface area contributed by atoms with E-state index in [9.17, 15) is 9.59 Å². The number of ether oxygens (including phenoxy) is 4. The molecule has 2 aromatic carbocycles. The van der Waals surface area contributed by atoms with Gasteiger partial charge in [0.05, 0.1) is 12.1 Å². The average molecular weight is 725 g/mol. The van der Waals surface area contributed by atoms with E-state index in [-0.39, 0.29) is 12.2 Å². The standard InChI is InChI=1S/C40H57ClN4O6/c1-39(2,3)50-37(46)43-22-8-12-29(26-43)14-10-24-45-33-16-7-17-34(36(33)42-35(45)28-49-32-20-18-31(41)19-21-32)48-25-11-15-30-13-9-23-44(27-30)38(47)51-40(4,5)6/h7,16-21,29-30H,8-15,22-28H2,1-6H3/t29?,30-/m0/s1. The van der Waals surface area contributed by atoms with Crippen molar-refractivity contribution < 1.29 is 28.5 Å². The molecule has 1 aromatic heterocycles. The lowest BCUT2D eigenvalue weighted by Crippen LogP contribution is -2.42. The molecule has 280 valence electrons. The Morgan fingerprint density at radius 1 is 0.804 bits per heavy atom. The summed E-state index contributed by atoms with van der Waals surface area (Å²) in [5.74, 6) is 3.18. The van der Waals surface area contributed by atoms with Crippen LogP contribution >= 0.6 is 11.6 Å². The van der Waals surface area contributed by atoms with Crippen LogP contribution in [0.4, 0.5) is 9.59 Å². The maximum Gasteiger partial charge on any atom is 0.410 e. The van der Waals surface area contributed by atoms with E-state index in [2.05, 4.69) is 10.6 Å². The van der Waals surface area contributed by atoms with Crippen molar-refractivity contribution in [1.82, 2.24) is 19.4 Å². The Hall–Kier alpha value is -3.66. The topological polar surface area (TPSA) is 95.4 Å². The number of halogens is 1. The third-order valence-corrected chi connectivity index (χ3v) is 9.60. The number of hydrogen-bond donors (Lipinski definition) is 0. The van der Waals surface area contributed by atoms with Crippen LogP contribution in [0, 0.1) is 11.8 Å². The summed E-state index contributed by atoms with van der Waals surface area (Å²) < 4.78 is 26.1. The van der Waals surface area contributed by atoms with Crippen molar-refractivity contribution in [3.8, 4) is 11.5 Å². The molecule has 11 heteroatoms. The van der Waals surface area contributed by atoms with Crippen LogP contribution in [0.15, 0.2) is 42.5 Å². The summed E-state index contributed by atoms with van der Waals surface area (Å²) in [6, 6.07) is 13.5. The molecular weight excluding hydrogens is 668 g/mol. The van der Waals surface area contributed by atoms with Gasteiger partial charge in [0.1, 0.15) is 40.6 Å². The Bertz CT molecular complexity index is 1600. The summed E-state index contributed by atoms with van der Waals surface area (Å²) in [6.07, 6.45) is 7.57. The normalized spacial score (nSPS) is 18.5. The molecule has 3 aromatic rings. The number of rotatable bonds is 12. The molecule has 5 rings (SSSR count). The Kier molecular flexibility index (Phi) is 13.0. The van der Waals surface area contributed by atoms with Crippen LogP contribution in [-0.4, -0.2) is 75.5 Å². The fourth-order valence-corrected chi connectivity index (χ4v) is 7.13. The van der Waals surface area contributed by atoms with E-state index in [4.69, 9.17) is 35.5 Å². The number of nitrogens with zero attached hydrogens (tertiary/aromatic N) is 4. The molecule has 2 amide bonds. The fourth-order valence-electron chi connectivity index (χ4n) is 7.00. The number of hydrogen-bond acceptors (Lipinski definition) is 7. The van der Waals surface area contributed by atoms with Gasteiger partial charge in [0.2, 0.25) is 0 Å². The fraction of sp³-hybridized carbons (Fsp3) is 0.625. The predicted octanol–water partition coefficient (Wildman–Crippen LogP) is 9.50. The number of fused-ring (bicyclic) bond motifs is 1. The largest absolute Gasteiger partial charge is 0.491 e. The van der Waals surface area contributed by atoms with Gasteiger partial charge in [-0.15, -0.1) is 0 Å². The molecule has 2 aliphatic heterocycles. The molecule has 2 atom stereocenters. The summed E-state index contributed by atoms with van der Waals surface area (Å²) in [4.78, 5) is 34.2. The summed E-state index contributed by atoms with van der Waals surface area (Å²) >= 11 is 6.10. The lowest BCUT2D eigenvalue weighted by atomic mass is 9.93. The van der Waals surface area contributed by atoms with E-state index in [1.54, 1.807) is 0 Å². The number of aromatic nitrogens is 2. The quantitative estimate of drug-likeness (QED) is 0.172. The number of aryl methyl sites for hydroxylation is 1. The number of imidazole rings is 1. The zero-order valence-electron chi connectivity index (χ0n) is 31.4. The van der Waals surface area contributed by atoms with Gasteiger partial charge < -0.3 is 33.3 Å². The number of piperidine rings is 2. The summed E-state index contributed by atoms with van der Waals surface area (Å²) in [5, 5.41) is 0.660. The molecular formula is C40H57ClN4O6. The van der Waals surface area contributed by atoms with Crippen LogP contribution in [0.1, 0.15) is 98.7 Å². The predicted molar refractivity (Wildman–Crippen MR) is 201 cm³/mol. The molecule has 2 aliphatic rings. The van der Waals surface area contributed by atoms with E-state index < -0.39 is 11.2 Å². The van der Waals surface area contributed by atoms with Crippen molar-refractivity contribution in [2.24, 2.45) is 11.8 Å². The first kappa shape index (κ1) is 38.6. The van der Waals surface area contributed by atoms with Gasteiger partial charge in [-0.05, 0) is 141 Å². The first-order valence-corrected chi connectivity index (χ1v) is 19.1. The minimum Gasteiger partial charge on any atom is -0.491 e. The van der Waals surface area contributed by atoms with Gasteiger partial charge in [-0.1, -0.05) is 17.7 Å². The van der Waals surface area contributed by atoms with E-state index >= 15 is 0 Å². The highest BCUT2D eigenvalue weighted by atomic mass is 35.5. The van der Waals surface area contributed by atoms with E-state index in [1.807, 2.05) is 87.7 Å². The second-order valence-corrected chi connectivity index (χ2v) is 16.5. The third-order valence-electron chi connectivity index (χ3n) is 9.35. The van der Waals surface area contributed by atoms with Gasteiger partial charge >= 0.3 is 12.2 Å². The lowest BCUT2D eigenvalue weighted by molar-refractivity contribution is 0.0150. The Labute approximate surface area is 308 Å². The highest BCUT2D eigenvalue weighted by molar-refractivity contribution is 6.30. The number of carbonyl (C=O) groups is 2. The third kappa shape index (κ3) is 11.7. The van der Waals surface area contributed by atoms with Gasteiger partial charge in [0, 0.05) is 37.7 Å². The van der Waals surface area contributed by atoms with Crippen molar-refractivity contribution in [2.45, 2.75) is 117 Å². The molecule has 51 heavy (non-hydrogen) atoms. The van der Waals surface area contributed by atoms with Crippen LogP contribution in [0.25, 0.3) is 11.0 Å². The molecule has 0 spiro atoms. The molecule has 0 N–H and O–H groups in total. The smallest absolute Gasteiger partial charge is 0.410 e. The number of para-hydroxylation sites is 1. The summed E-state index contributed by atoms with van der Waals surface area (Å²) in [7, 11) is 0. The van der Waals surface area contributed by atoms with E-state index in [0.29, 0.717) is 30.1 Å². The second kappa shape index (κ2) is 17.2. The van der Waals surface area contributed by atoms with Gasteiger partial charge in [0.25, 0.3) is 0 Å². The van der Waals surface area contributed by atoms with Crippen LogP contribution in [0.2, 0.25) is 5.02 Å².